The molecule has 0 aliphatic rings. The molecule has 0 fully saturated rings. The van der Waals surface area contributed by atoms with Gasteiger partial charge >= 0.3 is 0 Å². The Kier molecular flexibility index (Phi) is 5.92. The van der Waals surface area contributed by atoms with Crippen molar-refractivity contribution in [2.24, 2.45) is 0 Å². The van der Waals surface area contributed by atoms with Gasteiger partial charge in [0.1, 0.15) is 10.6 Å². The summed E-state index contributed by atoms with van der Waals surface area (Å²) >= 11 is 12.0. The molecule has 0 aromatic heterocycles. The number of ether oxygens (including phenoxy) is 1. The molecule has 0 aliphatic carbocycles. The molecule has 0 heterocycles. The highest BCUT2D eigenvalue weighted by molar-refractivity contribution is 7.89. The average Bonchev–Trinajstić information content (AvgIpc) is 2.32. The molecule has 1 aromatic carbocycles. The minimum absolute atomic E-state index is 0.0390. The summed E-state index contributed by atoms with van der Waals surface area (Å²) in [7, 11) is -3.68. The Morgan fingerprint density at radius 2 is 1.89 bits per heavy atom. The first-order valence-electron chi connectivity index (χ1n) is 5.96. The van der Waals surface area contributed by atoms with Gasteiger partial charge in [-0.25, -0.2) is 13.1 Å². The van der Waals surface area contributed by atoms with Crippen molar-refractivity contribution in [1.82, 2.24) is 4.72 Å². The third-order valence-electron chi connectivity index (χ3n) is 2.54. The van der Waals surface area contributed by atoms with E-state index in [0.29, 0.717) is 18.8 Å². The average molecular weight is 326 g/mol. The first-order valence-corrected chi connectivity index (χ1v) is 8.19. The second-order valence-corrected chi connectivity index (χ2v) is 6.57. The summed E-state index contributed by atoms with van der Waals surface area (Å²) in [4.78, 5) is -0.0390. The summed E-state index contributed by atoms with van der Waals surface area (Å²) < 4.78 is 32.1. The number of sulfonamides is 1. The number of nitrogens with one attached hydrogen (secondary N) is 1. The van der Waals surface area contributed by atoms with E-state index in [-0.39, 0.29) is 21.0 Å². The lowest BCUT2D eigenvalue weighted by Gasteiger charge is -2.14. The first-order chi connectivity index (χ1) is 8.81. The van der Waals surface area contributed by atoms with Crippen LogP contribution in [0.1, 0.15) is 27.2 Å². The molecule has 7 heteroatoms. The van der Waals surface area contributed by atoms with Crippen LogP contribution in [0.15, 0.2) is 17.0 Å². The van der Waals surface area contributed by atoms with Crippen molar-refractivity contribution < 1.29 is 13.2 Å². The first kappa shape index (κ1) is 16.6. The molecule has 1 atom stereocenters. The van der Waals surface area contributed by atoms with Crippen LogP contribution in [-0.2, 0) is 10.0 Å². The van der Waals surface area contributed by atoms with Crippen LogP contribution in [0.25, 0.3) is 0 Å². The van der Waals surface area contributed by atoms with Gasteiger partial charge in [-0.05, 0) is 26.3 Å². The van der Waals surface area contributed by atoms with Crippen LogP contribution in [0, 0.1) is 0 Å². The second kappa shape index (κ2) is 6.79. The Balaban J connectivity index is 3.17. The molecule has 1 aromatic rings. The Bertz CT molecular complexity index is 546. The zero-order chi connectivity index (χ0) is 14.6. The van der Waals surface area contributed by atoms with Gasteiger partial charge in [0, 0.05) is 12.1 Å². The lowest BCUT2D eigenvalue weighted by atomic mass is 10.3. The van der Waals surface area contributed by atoms with Crippen molar-refractivity contribution >= 4 is 33.2 Å². The fourth-order valence-electron chi connectivity index (χ4n) is 1.39. The number of rotatable bonds is 6. The summed E-state index contributed by atoms with van der Waals surface area (Å²) in [5.41, 5.74) is 0. The van der Waals surface area contributed by atoms with Gasteiger partial charge in [0.15, 0.2) is 0 Å². The van der Waals surface area contributed by atoms with Gasteiger partial charge in [-0.15, -0.1) is 0 Å². The van der Waals surface area contributed by atoms with Gasteiger partial charge in [-0.3, -0.25) is 0 Å². The number of halogens is 2. The van der Waals surface area contributed by atoms with Crippen molar-refractivity contribution in [3.8, 4) is 5.75 Å². The monoisotopic (exact) mass is 325 g/mol. The smallest absolute Gasteiger partial charge is 0.242 e. The van der Waals surface area contributed by atoms with Crippen molar-refractivity contribution in [2.45, 2.75) is 38.1 Å². The molecule has 0 spiro atoms. The van der Waals surface area contributed by atoms with E-state index >= 15 is 0 Å². The molecular weight excluding hydrogens is 309 g/mol. The van der Waals surface area contributed by atoms with Crippen LogP contribution in [0.5, 0.6) is 5.75 Å². The molecule has 0 saturated carbocycles. The van der Waals surface area contributed by atoms with E-state index in [1.807, 2.05) is 6.92 Å². The lowest BCUT2D eigenvalue weighted by molar-refractivity contribution is 0.340. The maximum absolute atomic E-state index is 12.1. The van der Waals surface area contributed by atoms with Crippen LogP contribution >= 0.6 is 23.2 Å². The number of hydrogen-bond acceptors (Lipinski definition) is 3. The van der Waals surface area contributed by atoms with Gasteiger partial charge in [-0.1, -0.05) is 30.1 Å². The van der Waals surface area contributed by atoms with Crippen molar-refractivity contribution in [1.29, 1.82) is 0 Å². The molecule has 108 valence electrons. The summed E-state index contributed by atoms with van der Waals surface area (Å²) in [5.74, 6) is 0.372. The highest BCUT2D eigenvalue weighted by Crippen LogP contribution is 2.33. The molecular formula is C12H17Cl2NO3S. The largest absolute Gasteiger partial charge is 0.492 e. The standard InChI is InChI=1S/C12H17Cl2NO3S/c1-4-8(3)15-19(16,17)12-7-9(13)11(18-5-2)6-10(12)14/h6-8,15H,4-5H2,1-3H3. The van der Waals surface area contributed by atoms with Crippen LogP contribution in [-0.4, -0.2) is 21.1 Å². The Hall–Kier alpha value is -0.490. The quantitative estimate of drug-likeness (QED) is 0.871. The maximum Gasteiger partial charge on any atom is 0.242 e. The van der Waals surface area contributed by atoms with Gasteiger partial charge in [0.25, 0.3) is 0 Å². The van der Waals surface area contributed by atoms with Crippen molar-refractivity contribution in [3.05, 3.63) is 22.2 Å². The Morgan fingerprint density at radius 1 is 1.26 bits per heavy atom. The summed E-state index contributed by atoms with van der Waals surface area (Å²) in [5, 5.41) is 0.305. The molecule has 1 N–H and O–H groups in total. The summed E-state index contributed by atoms with van der Waals surface area (Å²) in [6, 6.07) is 2.55. The zero-order valence-corrected chi connectivity index (χ0v) is 13.4. The van der Waals surface area contributed by atoms with Gasteiger partial charge < -0.3 is 4.74 Å². The molecule has 19 heavy (non-hydrogen) atoms. The van der Waals surface area contributed by atoms with Crippen LogP contribution in [0.4, 0.5) is 0 Å². The molecule has 1 unspecified atom stereocenters. The maximum atomic E-state index is 12.1. The number of benzene rings is 1. The molecule has 0 aliphatic heterocycles. The molecule has 4 nitrogen and oxygen atoms in total. The van der Waals surface area contributed by atoms with E-state index in [0.717, 1.165) is 0 Å². The van der Waals surface area contributed by atoms with E-state index in [4.69, 9.17) is 27.9 Å². The second-order valence-electron chi connectivity index (χ2n) is 4.08. The third-order valence-corrected chi connectivity index (χ3v) is 4.89. The summed E-state index contributed by atoms with van der Waals surface area (Å²) in [6.07, 6.45) is 0.682. The third kappa shape index (κ3) is 4.24. The van der Waals surface area contributed by atoms with E-state index < -0.39 is 10.0 Å². The van der Waals surface area contributed by atoms with Gasteiger partial charge in [0.05, 0.1) is 16.7 Å². The van der Waals surface area contributed by atoms with Crippen LogP contribution < -0.4 is 9.46 Å². The Morgan fingerprint density at radius 3 is 2.42 bits per heavy atom. The van der Waals surface area contributed by atoms with Crippen molar-refractivity contribution in [2.75, 3.05) is 6.61 Å². The minimum Gasteiger partial charge on any atom is -0.492 e. The minimum atomic E-state index is -3.68. The van der Waals surface area contributed by atoms with E-state index in [1.165, 1.54) is 12.1 Å². The normalized spacial score (nSPS) is 13.3. The van der Waals surface area contributed by atoms with Crippen LogP contribution in [0.3, 0.4) is 0 Å². The fourth-order valence-corrected chi connectivity index (χ4v) is 3.55. The van der Waals surface area contributed by atoms with E-state index in [9.17, 15) is 8.42 Å². The van der Waals surface area contributed by atoms with Crippen LogP contribution in [0.2, 0.25) is 10.0 Å². The topological polar surface area (TPSA) is 55.4 Å². The fraction of sp³-hybridized carbons (Fsp3) is 0.500. The van der Waals surface area contributed by atoms with E-state index in [1.54, 1.807) is 13.8 Å². The Labute approximate surface area is 124 Å². The van der Waals surface area contributed by atoms with Gasteiger partial charge in [0.2, 0.25) is 10.0 Å². The molecule has 0 saturated heterocycles. The molecule has 0 bridgehead atoms. The molecule has 1 rings (SSSR count). The predicted molar refractivity (Wildman–Crippen MR) is 77.7 cm³/mol. The highest BCUT2D eigenvalue weighted by Gasteiger charge is 2.22. The highest BCUT2D eigenvalue weighted by atomic mass is 35.5. The zero-order valence-electron chi connectivity index (χ0n) is 11.0. The van der Waals surface area contributed by atoms with Crippen molar-refractivity contribution in [3.63, 3.8) is 0 Å². The van der Waals surface area contributed by atoms with Gasteiger partial charge in [-0.2, -0.15) is 0 Å². The lowest BCUT2D eigenvalue weighted by Crippen LogP contribution is -2.32. The number of hydrogen-bond donors (Lipinski definition) is 1. The molecule has 0 radical (unpaired) electrons. The SMILES string of the molecule is CCOc1cc(Cl)c(S(=O)(=O)NC(C)CC)cc1Cl. The van der Waals surface area contributed by atoms with E-state index in [2.05, 4.69) is 4.72 Å². The predicted octanol–water partition coefficient (Wildman–Crippen LogP) is 3.47. The molecule has 0 amide bonds. The summed E-state index contributed by atoms with van der Waals surface area (Å²) in [6.45, 7) is 5.90.